The Balaban J connectivity index is 1.93. The van der Waals surface area contributed by atoms with Crippen molar-refractivity contribution in [1.29, 1.82) is 0 Å². The van der Waals surface area contributed by atoms with E-state index in [0.29, 0.717) is 6.42 Å². The highest BCUT2D eigenvalue weighted by molar-refractivity contribution is 7.92. The van der Waals surface area contributed by atoms with E-state index < -0.39 is 46.0 Å². The lowest BCUT2D eigenvalue weighted by atomic mass is 10.0. The Morgan fingerprint density at radius 2 is 1.43 bits per heavy atom. The average molecular weight is 625 g/mol. The Bertz CT molecular complexity index is 1530. The van der Waals surface area contributed by atoms with E-state index in [-0.39, 0.29) is 29.4 Å². The number of hydrogen-bond donors (Lipinski definition) is 4. The minimum atomic E-state index is -3.72. The van der Waals surface area contributed by atoms with E-state index in [1.54, 1.807) is 0 Å². The number of methoxy groups -OCH3 is 1. The minimum Gasteiger partial charge on any atom is -0.468 e. The fraction of sp³-hybridized carbons (Fsp3) is 0.344. The van der Waals surface area contributed by atoms with Gasteiger partial charge in [0.1, 0.15) is 6.04 Å². The number of carbonyl (C=O) groups is 3. The summed E-state index contributed by atoms with van der Waals surface area (Å²) < 4.78 is 30.5. The van der Waals surface area contributed by atoms with Gasteiger partial charge in [-0.25, -0.2) is 8.42 Å². The Morgan fingerprint density at radius 3 is 1.95 bits per heavy atom. The van der Waals surface area contributed by atoms with Gasteiger partial charge < -0.3 is 25.8 Å². The van der Waals surface area contributed by atoms with Gasteiger partial charge in [-0.2, -0.15) is 0 Å². The van der Waals surface area contributed by atoms with Crippen molar-refractivity contribution in [3.8, 4) is 0 Å². The zero-order valence-electron chi connectivity index (χ0n) is 25.5. The number of aliphatic hydroxyl groups excluding tert-OH is 1. The lowest BCUT2D eigenvalue weighted by Gasteiger charge is -2.25. The fourth-order valence-electron chi connectivity index (χ4n) is 4.54. The van der Waals surface area contributed by atoms with Crippen molar-refractivity contribution >= 4 is 33.5 Å². The minimum absolute atomic E-state index is 0.0635. The number of amides is 2. The van der Waals surface area contributed by atoms with Crippen LogP contribution in [-0.4, -0.2) is 76.5 Å². The molecule has 0 saturated heterocycles. The number of benzene rings is 3. The van der Waals surface area contributed by atoms with Crippen LogP contribution < -0.4 is 20.3 Å². The molecule has 4 atom stereocenters. The van der Waals surface area contributed by atoms with Gasteiger partial charge in [0.05, 0.1) is 31.2 Å². The van der Waals surface area contributed by atoms with Crippen molar-refractivity contribution in [3.63, 3.8) is 0 Å². The normalized spacial score (nSPS) is 14.0. The maximum Gasteiger partial charge on any atom is 0.325 e. The topological polar surface area (TPSA) is 154 Å². The van der Waals surface area contributed by atoms with Crippen LogP contribution in [0.15, 0.2) is 78.9 Å². The molecule has 3 aromatic carbocycles. The first-order valence-corrected chi connectivity index (χ1v) is 15.9. The van der Waals surface area contributed by atoms with Crippen molar-refractivity contribution in [3.05, 3.63) is 101 Å². The van der Waals surface area contributed by atoms with Crippen LogP contribution in [0.1, 0.15) is 51.7 Å². The van der Waals surface area contributed by atoms with E-state index in [2.05, 4.69) is 16.0 Å². The van der Waals surface area contributed by atoms with E-state index in [1.165, 1.54) is 39.3 Å². The number of hydrogen-bond acceptors (Lipinski definition) is 8. The molecule has 0 aliphatic rings. The van der Waals surface area contributed by atoms with E-state index >= 15 is 0 Å². The Labute approximate surface area is 258 Å². The van der Waals surface area contributed by atoms with Gasteiger partial charge >= 0.3 is 5.97 Å². The van der Waals surface area contributed by atoms with Gasteiger partial charge in [-0.1, -0.05) is 60.7 Å². The molecular weight excluding hydrogens is 584 g/mol. The summed E-state index contributed by atoms with van der Waals surface area (Å²) in [7, 11) is -1.16. The van der Waals surface area contributed by atoms with Crippen molar-refractivity contribution in [2.24, 2.45) is 0 Å². The molecule has 12 heteroatoms. The second kappa shape index (κ2) is 15.5. The van der Waals surface area contributed by atoms with Crippen LogP contribution in [0, 0.1) is 0 Å². The van der Waals surface area contributed by atoms with E-state index in [9.17, 15) is 27.9 Å². The number of esters is 1. The summed E-state index contributed by atoms with van der Waals surface area (Å²) in [5.41, 5.74) is 2.08. The SMILES string of the molecule is COC(=O)[C@H](NC[C@H](Cc1ccccc1)NC(=O)c1cc(C(=O)N[C@H](C)c2ccccc2)cc(N(C)S(C)(=O)=O)c1)[C@@H](C)O. The quantitative estimate of drug-likeness (QED) is 0.200. The molecule has 11 nitrogen and oxygen atoms in total. The Morgan fingerprint density at radius 1 is 0.886 bits per heavy atom. The van der Waals surface area contributed by atoms with Gasteiger partial charge in [-0.05, 0) is 49.6 Å². The first-order valence-electron chi connectivity index (χ1n) is 14.1. The van der Waals surface area contributed by atoms with E-state index in [1.807, 2.05) is 67.6 Å². The molecule has 0 saturated carbocycles. The summed E-state index contributed by atoms with van der Waals surface area (Å²) >= 11 is 0. The van der Waals surface area contributed by atoms with Crippen LogP contribution in [0.2, 0.25) is 0 Å². The lowest BCUT2D eigenvalue weighted by Crippen LogP contribution is -2.52. The number of nitrogens with one attached hydrogen (secondary N) is 3. The molecule has 0 radical (unpaired) electrons. The van der Waals surface area contributed by atoms with Gasteiger partial charge in [0.25, 0.3) is 11.8 Å². The predicted octanol–water partition coefficient (Wildman–Crippen LogP) is 2.43. The number of aliphatic hydroxyl groups is 1. The molecule has 0 heterocycles. The van der Waals surface area contributed by atoms with Crippen molar-refractivity contribution in [1.82, 2.24) is 16.0 Å². The molecule has 0 spiro atoms. The van der Waals surface area contributed by atoms with Gasteiger partial charge in [-0.15, -0.1) is 0 Å². The molecular formula is C32H40N4O7S. The molecule has 0 unspecified atom stereocenters. The van der Waals surface area contributed by atoms with E-state index in [4.69, 9.17) is 4.74 Å². The number of sulfonamides is 1. The number of ether oxygens (including phenoxy) is 1. The van der Waals surface area contributed by atoms with Crippen molar-refractivity contribution < 1.29 is 32.6 Å². The van der Waals surface area contributed by atoms with Crippen LogP contribution in [0.25, 0.3) is 0 Å². The molecule has 2 amide bonds. The predicted molar refractivity (Wildman–Crippen MR) is 169 cm³/mol. The summed E-state index contributed by atoms with van der Waals surface area (Å²) in [6.45, 7) is 3.37. The first kappa shape index (κ1) is 34.2. The summed E-state index contributed by atoms with van der Waals surface area (Å²) in [4.78, 5) is 39.2. The van der Waals surface area contributed by atoms with E-state index in [0.717, 1.165) is 21.7 Å². The summed E-state index contributed by atoms with van der Waals surface area (Å²) in [6, 6.07) is 21.0. The summed E-state index contributed by atoms with van der Waals surface area (Å²) in [5, 5.41) is 18.9. The number of carbonyl (C=O) groups excluding carboxylic acids is 3. The largest absolute Gasteiger partial charge is 0.468 e. The maximum absolute atomic E-state index is 13.7. The third-order valence-corrected chi connectivity index (χ3v) is 8.34. The molecule has 3 aromatic rings. The van der Waals surface area contributed by atoms with Crippen LogP contribution in [0.3, 0.4) is 0 Å². The van der Waals surface area contributed by atoms with Crippen LogP contribution >= 0.6 is 0 Å². The molecule has 44 heavy (non-hydrogen) atoms. The Hall–Kier alpha value is -4.26. The lowest BCUT2D eigenvalue weighted by molar-refractivity contribution is -0.145. The van der Waals surface area contributed by atoms with Gasteiger partial charge in [0.2, 0.25) is 10.0 Å². The third-order valence-electron chi connectivity index (χ3n) is 7.13. The number of rotatable bonds is 14. The summed E-state index contributed by atoms with van der Waals surface area (Å²) in [5.74, 6) is -1.70. The number of nitrogens with zero attached hydrogens (tertiary/aromatic N) is 1. The second-order valence-electron chi connectivity index (χ2n) is 10.6. The molecule has 0 aliphatic carbocycles. The molecule has 0 bridgehead atoms. The molecule has 0 aromatic heterocycles. The van der Waals surface area contributed by atoms with Gasteiger partial charge in [0, 0.05) is 30.8 Å². The summed E-state index contributed by atoms with van der Waals surface area (Å²) in [6.07, 6.45) is 0.342. The van der Waals surface area contributed by atoms with Crippen molar-refractivity contribution in [2.45, 2.75) is 44.5 Å². The van der Waals surface area contributed by atoms with Crippen molar-refractivity contribution in [2.75, 3.05) is 31.3 Å². The number of anilines is 1. The average Bonchev–Trinajstić information content (AvgIpc) is 3.00. The molecule has 4 N–H and O–H groups in total. The maximum atomic E-state index is 13.7. The standard InChI is InChI=1S/C32H40N4O7S/c1-21(24-14-10-7-11-15-24)34-30(38)25-17-26(19-28(18-25)36(3)44(5,41)42)31(39)35-27(16-23-12-8-6-9-13-23)20-33-29(22(2)37)32(40)43-4/h6-15,17-19,21-22,27,29,33,37H,16,20H2,1-5H3,(H,34,38)(H,35,39)/t21-,22-,27+,29-/m1/s1. The first-order chi connectivity index (χ1) is 20.8. The second-order valence-corrected chi connectivity index (χ2v) is 12.6. The highest BCUT2D eigenvalue weighted by Gasteiger charge is 2.26. The highest BCUT2D eigenvalue weighted by atomic mass is 32.2. The molecule has 236 valence electrons. The monoisotopic (exact) mass is 624 g/mol. The molecule has 0 aliphatic heterocycles. The van der Waals surface area contributed by atoms with Crippen LogP contribution in [0.5, 0.6) is 0 Å². The zero-order chi connectivity index (χ0) is 32.4. The Kier molecular flexibility index (Phi) is 12.0. The highest BCUT2D eigenvalue weighted by Crippen LogP contribution is 2.22. The smallest absolute Gasteiger partial charge is 0.325 e. The molecule has 3 rings (SSSR count). The van der Waals surface area contributed by atoms with Crippen LogP contribution in [0.4, 0.5) is 5.69 Å². The van der Waals surface area contributed by atoms with Gasteiger partial charge in [-0.3, -0.25) is 18.7 Å². The fourth-order valence-corrected chi connectivity index (χ4v) is 5.03. The molecule has 0 fully saturated rings. The van der Waals surface area contributed by atoms with Gasteiger partial charge in [0.15, 0.2) is 0 Å². The third kappa shape index (κ3) is 9.63. The zero-order valence-corrected chi connectivity index (χ0v) is 26.3. The van der Waals surface area contributed by atoms with Crippen LogP contribution in [-0.2, 0) is 26.0 Å².